The number of nitrogens with zero attached hydrogens (tertiary/aromatic N) is 3. The molecule has 1 aliphatic rings. The molecule has 1 aromatic heterocycles. The van der Waals surface area contributed by atoms with E-state index in [4.69, 9.17) is 4.52 Å². The van der Waals surface area contributed by atoms with Gasteiger partial charge in [0.05, 0.1) is 12.0 Å². The number of likely N-dealkylation sites (N-methyl/N-ethyl adjacent to an activating group) is 1. The largest absolute Gasteiger partial charge is 0.356 e. The SMILES string of the molecule is CCN1C(=O)CC(CC(=O)N(C)Cc2cc(-c3ccccc3)on2)(c2ccccc2C)C1=O. The molecule has 0 N–H and O–H groups in total. The number of likely N-dealkylation sites (tertiary alicyclic amines) is 1. The maximum Gasteiger partial charge on any atom is 0.240 e. The topological polar surface area (TPSA) is 83.7 Å². The van der Waals surface area contributed by atoms with Gasteiger partial charge in [0.1, 0.15) is 5.69 Å². The molecule has 0 saturated carbocycles. The molecule has 1 saturated heterocycles. The van der Waals surface area contributed by atoms with Gasteiger partial charge in [0.25, 0.3) is 0 Å². The van der Waals surface area contributed by atoms with Crippen LogP contribution < -0.4 is 0 Å². The van der Waals surface area contributed by atoms with Crippen LogP contribution in [0.2, 0.25) is 0 Å². The van der Waals surface area contributed by atoms with Crippen molar-refractivity contribution in [3.8, 4) is 11.3 Å². The molecule has 1 aliphatic heterocycles. The number of aromatic nitrogens is 1. The molecule has 33 heavy (non-hydrogen) atoms. The van der Waals surface area contributed by atoms with E-state index in [1.165, 1.54) is 9.80 Å². The minimum Gasteiger partial charge on any atom is -0.356 e. The van der Waals surface area contributed by atoms with Crippen molar-refractivity contribution in [3.05, 3.63) is 77.5 Å². The molecular formula is C26H27N3O4. The molecular weight excluding hydrogens is 418 g/mol. The van der Waals surface area contributed by atoms with Gasteiger partial charge in [0.15, 0.2) is 5.76 Å². The zero-order valence-electron chi connectivity index (χ0n) is 19.1. The highest BCUT2D eigenvalue weighted by Crippen LogP contribution is 2.41. The van der Waals surface area contributed by atoms with Gasteiger partial charge in [0, 0.05) is 38.1 Å². The van der Waals surface area contributed by atoms with E-state index < -0.39 is 5.41 Å². The van der Waals surface area contributed by atoms with Crippen LogP contribution in [0.4, 0.5) is 0 Å². The molecule has 1 fully saturated rings. The Morgan fingerprint density at radius 2 is 1.82 bits per heavy atom. The average molecular weight is 446 g/mol. The third-order valence-electron chi connectivity index (χ3n) is 6.28. The first-order valence-electron chi connectivity index (χ1n) is 11.0. The Hall–Kier alpha value is -3.74. The summed E-state index contributed by atoms with van der Waals surface area (Å²) in [5, 5.41) is 4.09. The van der Waals surface area contributed by atoms with E-state index in [0.717, 1.165) is 16.7 Å². The van der Waals surface area contributed by atoms with E-state index in [1.807, 2.05) is 61.5 Å². The van der Waals surface area contributed by atoms with Crippen molar-refractivity contribution in [3.63, 3.8) is 0 Å². The quantitative estimate of drug-likeness (QED) is 0.518. The number of imide groups is 1. The molecule has 7 nitrogen and oxygen atoms in total. The Balaban J connectivity index is 1.57. The van der Waals surface area contributed by atoms with Gasteiger partial charge in [0.2, 0.25) is 17.7 Å². The second-order valence-electron chi connectivity index (χ2n) is 8.49. The van der Waals surface area contributed by atoms with Crippen molar-refractivity contribution in [1.29, 1.82) is 0 Å². The van der Waals surface area contributed by atoms with Crippen LogP contribution >= 0.6 is 0 Å². The van der Waals surface area contributed by atoms with E-state index in [1.54, 1.807) is 20.0 Å². The van der Waals surface area contributed by atoms with Gasteiger partial charge in [-0.3, -0.25) is 19.3 Å². The molecule has 1 unspecified atom stereocenters. The lowest BCUT2D eigenvalue weighted by Gasteiger charge is -2.30. The minimum absolute atomic E-state index is 0.00772. The van der Waals surface area contributed by atoms with E-state index in [-0.39, 0.29) is 43.7 Å². The summed E-state index contributed by atoms with van der Waals surface area (Å²) in [6, 6.07) is 18.9. The van der Waals surface area contributed by atoms with Gasteiger partial charge in [-0.1, -0.05) is 59.8 Å². The van der Waals surface area contributed by atoms with Crippen molar-refractivity contribution < 1.29 is 18.9 Å². The summed E-state index contributed by atoms with van der Waals surface area (Å²) in [5.74, 6) is -0.163. The molecule has 1 atom stereocenters. The summed E-state index contributed by atoms with van der Waals surface area (Å²) in [5.41, 5.74) is 1.94. The predicted octanol–water partition coefficient (Wildman–Crippen LogP) is 3.72. The Morgan fingerprint density at radius 1 is 1.12 bits per heavy atom. The third kappa shape index (κ3) is 4.18. The Morgan fingerprint density at radius 3 is 2.48 bits per heavy atom. The fourth-order valence-corrected chi connectivity index (χ4v) is 4.52. The maximum absolute atomic E-state index is 13.4. The lowest BCUT2D eigenvalue weighted by atomic mass is 9.74. The summed E-state index contributed by atoms with van der Waals surface area (Å²) >= 11 is 0. The highest BCUT2D eigenvalue weighted by molar-refractivity contribution is 6.10. The fourth-order valence-electron chi connectivity index (χ4n) is 4.52. The first kappa shape index (κ1) is 22.5. The number of hydrogen-bond acceptors (Lipinski definition) is 5. The maximum atomic E-state index is 13.4. The number of aryl methyl sites for hydroxylation is 1. The van der Waals surface area contributed by atoms with Crippen LogP contribution in [0, 0.1) is 6.92 Å². The standard InChI is InChI=1S/C26H27N3O4/c1-4-29-24(31)16-26(25(29)32,21-13-9-8-10-18(21)2)15-23(30)28(3)17-20-14-22(33-27-20)19-11-6-5-7-12-19/h5-14H,4,15-17H2,1-3H3. The highest BCUT2D eigenvalue weighted by atomic mass is 16.5. The minimum atomic E-state index is -1.19. The average Bonchev–Trinajstić information content (AvgIpc) is 3.37. The van der Waals surface area contributed by atoms with Crippen molar-refractivity contribution in [2.24, 2.45) is 0 Å². The van der Waals surface area contributed by atoms with E-state index >= 15 is 0 Å². The van der Waals surface area contributed by atoms with Crippen molar-refractivity contribution in [1.82, 2.24) is 15.0 Å². The molecule has 3 amide bonds. The molecule has 0 bridgehead atoms. The number of carbonyl (C=O) groups is 3. The van der Waals surface area contributed by atoms with E-state index in [0.29, 0.717) is 11.5 Å². The molecule has 2 aromatic carbocycles. The summed E-state index contributed by atoms with van der Waals surface area (Å²) in [4.78, 5) is 42.1. The van der Waals surface area contributed by atoms with Crippen molar-refractivity contribution in [2.45, 2.75) is 38.6 Å². The smallest absolute Gasteiger partial charge is 0.240 e. The number of benzene rings is 2. The highest BCUT2D eigenvalue weighted by Gasteiger charge is 2.54. The summed E-state index contributed by atoms with van der Waals surface area (Å²) in [6.45, 7) is 4.19. The van der Waals surface area contributed by atoms with Gasteiger partial charge in [-0.25, -0.2) is 0 Å². The molecule has 4 rings (SSSR count). The second-order valence-corrected chi connectivity index (χ2v) is 8.49. The van der Waals surface area contributed by atoms with Crippen LogP contribution in [0.3, 0.4) is 0 Å². The zero-order valence-corrected chi connectivity index (χ0v) is 19.1. The Bertz CT molecular complexity index is 1190. The number of carbonyl (C=O) groups excluding carboxylic acids is 3. The molecule has 0 radical (unpaired) electrons. The number of amides is 3. The van der Waals surface area contributed by atoms with Crippen molar-refractivity contribution >= 4 is 17.7 Å². The van der Waals surface area contributed by atoms with Gasteiger partial charge in [-0.2, -0.15) is 0 Å². The second kappa shape index (κ2) is 9.02. The first-order chi connectivity index (χ1) is 15.9. The Labute approximate surface area is 193 Å². The molecule has 3 aromatic rings. The molecule has 0 spiro atoms. The summed E-state index contributed by atoms with van der Waals surface area (Å²) in [6.07, 6.45) is -0.0922. The van der Waals surface area contributed by atoms with E-state index in [2.05, 4.69) is 5.16 Å². The van der Waals surface area contributed by atoms with Crippen LogP contribution in [0.1, 0.15) is 36.6 Å². The van der Waals surface area contributed by atoms with Crippen LogP contribution in [0.15, 0.2) is 65.2 Å². The lowest BCUT2D eigenvalue weighted by molar-refractivity contribution is -0.142. The lowest BCUT2D eigenvalue weighted by Crippen LogP contribution is -2.43. The zero-order chi connectivity index (χ0) is 23.6. The number of hydrogen-bond donors (Lipinski definition) is 0. The normalized spacial score (nSPS) is 18.1. The summed E-state index contributed by atoms with van der Waals surface area (Å²) < 4.78 is 5.44. The first-order valence-corrected chi connectivity index (χ1v) is 11.0. The monoisotopic (exact) mass is 445 g/mol. The predicted molar refractivity (Wildman–Crippen MR) is 123 cm³/mol. The van der Waals surface area contributed by atoms with Gasteiger partial charge >= 0.3 is 0 Å². The van der Waals surface area contributed by atoms with Gasteiger partial charge in [-0.15, -0.1) is 0 Å². The van der Waals surface area contributed by atoms with Crippen LogP contribution in [0.5, 0.6) is 0 Å². The molecule has 170 valence electrons. The Kier molecular flexibility index (Phi) is 6.14. The van der Waals surface area contributed by atoms with E-state index in [9.17, 15) is 14.4 Å². The molecule has 2 heterocycles. The van der Waals surface area contributed by atoms with Crippen molar-refractivity contribution in [2.75, 3.05) is 13.6 Å². The van der Waals surface area contributed by atoms with Gasteiger partial charge in [-0.05, 0) is 25.0 Å². The molecule has 7 heteroatoms. The van der Waals surface area contributed by atoms with Crippen LogP contribution in [-0.2, 0) is 26.3 Å². The van der Waals surface area contributed by atoms with Crippen LogP contribution in [-0.4, -0.2) is 46.3 Å². The fraction of sp³-hybridized carbons (Fsp3) is 0.308. The molecule has 0 aliphatic carbocycles. The van der Waals surface area contributed by atoms with Crippen LogP contribution in [0.25, 0.3) is 11.3 Å². The number of rotatable bonds is 7. The van der Waals surface area contributed by atoms with Gasteiger partial charge < -0.3 is 9.42 Å². The summed E-state index contributed by atoms with van der Waals surface area (Å²) in [7, 11) is 1.67. The third-order valence-corrected chi connectivity index (χ3v) is 6.28.